The van der Waals surface area contributed by atoms with Crippen LogP contribution in [-0.4, -0.2) is 9.97 Å². The van der Waals surface area contributed by atoms with Gasteiger partial charge in [0.1, 0.15) is 0 Å². The van der Waals surface area contributed by atoms with Crippen LogP contribution >= 0.6 is 31.9 Å². The topological polar surface area (TPSA) is 28.7 Å². The third-order valence-electron chi connectivity index (χ3n) is 4.34. The number of H-pyrrole nitrogens is 1. The van der Waals surface area contributed by atoms with Crippen molar-refractivity contribution >= 4 is 75.3 Å². The van der Waals surface area contributed by atoms with E-state index in [0.717, 1.165) is 25.4 Å². The maximum atomic E-state index is 4.59. The number of nitrogens with one attached hydrogen (secondary N) is 1. The van der Waals surface area contributed by atoms with E-state index in [1.165, 1.54) is 27.1 Å². The minimum atomic E-state index is 0.999. The van der Waals surface area contributed by atoms with Crippen molar-refractivity contribution in [2.24, 2.45) is 0 Å². The highest BCUT2D eigenvalue weighted by Crippen LogP contribution is 2.35. The summed E-state index contributed by atoms with van der Waals surface area (Å²) in [5, 5.41) is 6.04. The highest BCUT2D eigenvalue weighted by atomic mass is 79.9. The van der Waals surface area contributed by atoms with E-state index < -0.39 is 0 Å². The van der Waals surface area contributed by atoms with Crippen LogP contribution in [0.15, 0.2) is 63.7 Å². The summed E-state index contributed by atoms with van der Waals surface area (Å²) in [6, 6.07) is 17.0. The first-order valence-electron chi connectivity index (χ1n) is 7.29. The van der Waals surface area contributed by atoms with Gasteiger partial charge in [0, 0.05) is 47.6 Å². The smallest absolute Gasteiger partial charge is 0.0720 e. The molecule has 5 aromatic rings. The van der Waals surface area contributed by atoms with Crippen LogP contribution in [0.2, 0.25) is 0 Å². The second-order valence-corrected chi connectivity index (χ2v) is 7.52. The predicted molar refractivity (Wildman–Crippen MR) is 104 cm³/mol. The number of pyridine rings is 1. The molecule has 0 fully saturated rings. The SMILES string of the molecule is Brc1ccc2c(c1)ncc1ccc3c4ccc(Br)cc4[nH]c3c12. The second kappa shape index (κ2) is 4.79. The Balaban J connectivity index is 2.07. The van der Waals surface area contributed by atoms with E-state index in [0.29, 0.717) is 0 Å². The molecular weight excluding hydrogens is 416 g/mol. The summed E-state index contributed by atoms with van der Waals surface area (Å²) < 4.78 is 2.13. The molecule has 5 rings (SSSR count). The molecule has 2 aromatic heterocycles. The molecule has 2 nitrogen and oxygen atoms in total. The standard InChI is InChI=1S/C19H10Br2N2/c20-11-3-6-15-16(7-11)22-9-10-1-4-14-13-5-2-12(21)8-17(13)23-19(14)18(10)15/h1-9,23H. The molecular formula is C19H10Br2N2. The zero-order valence-electron chi connectivity index (χ0n) is 11.9. The number of nitrogens with zero attached hydrogens (tertiary/aromatic N) is 1. The quantitative estimate of drug-likeness (QED) is 0.280. The van der Waals surface area contributed by atoms with Crippen LogP contribution < -0.4 is 0 Å². The Labute approximate surface area is 148 Å². The summed E-state index contributed by atoms with van der Waals surface area (Å²) >= 11 is 7.08. The van der Waals surface area contributed by atoms with Crippen molar-refractivity contribution in [1.29, 1.82) is 0 Å². The van der Waals surface area contributed by atoms with E-state index in [9.17, 15) is 0 Å². The van der Waals surface area contributed by atoms with Crippen LogP contribution in [0.25, 0.3) is 43.5 Å². The van der Waals surface area contributed by atoms with Gasteiger partial charge in [-0.25, -0.2) is 0 Å². The highest BCUT2D eigenvalue weighted by Gasteiger charge is 2.11. The van der Waals surface area contributed by atoms with Gasteiger partial charge in [-0.2, -0.15) is 0 Å². The van der Waals surface area contributed by atoms with E-state index in [1.54, 1.807) is 0 Å². The van der Waals surface area contributed by atoms with Gasteiger partial charge in [-0.15, -0.1) is 0 Å². The zero-order valence-corrected chi connectivity index (χ0v) is 15.1. The Kier molecular flexibility index (Phi) is 2.82. The molecule has 0 atom stereocenters. The van der Waals surface area contributed by atoms with Gasteiger partial charge in [-0.05, 0) is 24.3 Å². The van der Waals surface area contributed by atoms with Gasteiger partial charge in [-0.3, -0.25) is 4.98 Å². The molecule has 3 aromatic carbocycles. The molecule has 0 radical (unpaired) electrons. The molecule has 0 saturated carbocycles. The maximum Gasteiger partial charge on any atom is 0.0720 e. The lowest BCUT2D eigenvalue weighted by Crippen LogP contribution is -1.83. The Morgan fingerprint density at radius 3 is 2.39 bits per heavy atom. The third kappa shape index (κ3) is 1.95. The molecule has 23 heavy (non-hydrogen) atoms. The van der Waals surface area contributed by atoms with Crippen LogP contribution in [0.3, 0.4) is 0 Å². The third-order valence-corrected chi connectivity index (χ3v) is 5.33. The van der Waals surface area contributed by atoms with Gasteiger partial charge in [0.2, 0.25) is 0 Å². The van der Waals surface area contributed by atoms with Gasteiger partial charge >= 0.3 is 0 Å². The first-order chi connectivity index (χ1) is 11.2. The summed E-state index contributed by atoms with van der Waals surface area (Å²) in [6.07, 6.45) is 1.95. The lowest BCUT2D eigenvalue weighted by Gasteiger charge is -2.05. The molecule has 0 spiro atoms. The van der Waals surface area contributed by atoms with Gasteiger partial charge in [0.15, 0.2) is 0 Å². The predicted octanol–water partition coefficient (Wildman–Crippen LogP) is 6.55. The average molecular weight is 426 g/mol. The van der Waals surface area contributed by atoms with Gasteiger partial charge < -0.3 is 4.98 Å². The van der Waals surface area contributed by atoms with Gasteiger partial charge in [0.05, 0.1) is 11.0 Å². The normalized spacial score (nSPS) is 11.9. The lowest BCUT2D eigenvalue weighted by molar-refractivity contribution is 1.44. The minimum Gasteiger partial charge on any atom is -0.354 e. The molecule has 0 unspecified atom stereocenters. The number of aromatic nitrogens is 2. The van der Waals surface area contributed by atoms with E-state index in [4.69, 9.17) is 0 Å². The number of fused-ring (bicyclic) bond motifs is 7. The maximum absolute atomic E-state index is 4.59. The first kappa shape index (κ1) is 13.5. The zero-order chi connectivity index (χ0) is 15.6. The Morgan fingerprint density at radius 1 is 0.783 bits per heavy atom. The van der Waals surface area contributed by atoms with Crippen molar-refractivity contribution in [3.05, 3.63) is 63.7 Å². The van der Waals surface area contributed by atoms with Gasteiger partial charge in [-0.1, -0.05) is 56.1 Å². The summed E-state index contributed by atoms with van der Waals surface area (Å²) in [4.78, 5) is 8.19. The Hall–Kier alpha value is -1.91. The number of halogens is 2. The van der Waals surface area contributed by atoms with Crippen LogP contribution in [0.1, 0.15) is 0 Å². The Bertz CT molecular complexity index is 1240. The highest BCUT2D eigenvalue weighted by molar-refractivity contribution is 9.10. The van der Waals surface area contributed by atoms with Crippen LogP contribution in [0.4, 0.5) is 0 Å². The van der Waals surface area contributed by atoms with Crippen molar-refractivity contribution in [2.75, 3.05) is 0 Å². The minimum absolute atomic E-state index is 0.999. The Morgan fingerprint density at radius 2 is 1.52 bits per heavy atom. The average Bonchev–Trinajstić information content (AvgIpc) is 2.91. The van der Waals surface area contributed by atoms with Crippen molar-refractivity contribution in [3.63, 3.8) is 0 Å². The lowest BCUT2D eigenvalue weighted by atomic mass is 10.0. The second-order valence-electron chi connectivity index (χ2n) is 5.69. The molecule has 2 heterocycles. The largest absolute Gasteiger partial charge is 0.354 e. The van der Waals surface area contributed by atoms with E-state index in [1.807, 2.05) is 6.20 Å². The van der Waals surface area contributed by atoms with Gasteiger partial charge in [0.25, 0.3) is 0 Å². The number of hydrogen-bond acceptors (Lipinski definition) is 1. The molecule has 0 aliphatic heterocycles. The van der Waals surface area contributed by atoms with Crippen molar-refractivity contribution in [1.82, 2.24) is 9.97 Å². The fourth-order valence-electron chi connectivity index (χ4n) is 3.32. The molecule has 0 aliphatic rings. The fourth-order valence-corrected chi connectivity index (χ4v) is 4.03. The number of hydrogen-bond donors (Lipinski definition) is 1. The summed E-state index contributed by atoms with van der Waals surface area (Å²) in [5.41, 5.74) is 3.31. The number of rotatable bonds is 0. The molecule has 0 aliphatic carbocycles. The van der Waals surface area contributed by atoms with E-state index in [-0.39, 0.29) is 0 Å². The summed E-state index contributed by atoms with van der Waals surface area (Å²) in [5.74, 6) is 0. The first-order valence-corrected chi connectivity index (χ1v) is 8.87. The van der Waals surface area contributed by atoms with E-state index >= 15 is 0 Å². The number of benzene rings is 3. The molecule has 0 bridgehead atoms. The number of aromatic amines is 1. The molecule has 4 heteroatoms. The van der Waals surface area contributed by atoms with Crippen molar-refractivity contribution in [3.8, 4) is 0 Å². The van der Waals surface area contributed by atoms with Crippen molar-refractivity contribution in [2.45, 2.75) is 0 Å². The molecule has 110 valence electrons. The summed E-state index contributed by atoms with van der Waals surface area (Å²) in [7, 11) is 0. The monoisotopic (exact) mass is 424 g/mol. The molecule has 0 amide bonds. The summed E-state index contributed by atoms with van der Waals surface area (Å²) in [6.45, 7) is 0. The van der Waals surface area contributed by atoms with Crippen LogP contribution in [-0.2, 0) is 0 Å². The molecule has 0 saturated heterocycles. The fraction of sp³-hybridized carbons (Fsp3) is 0. The van der Waals surface area contributed by atoms with Crippen molar-refractivity contribution < 1.29 is 0 Å². The van der Waals surface area contributed by atoms with Crippen LogP contribution in [0.5, 0.6) is 0 Å². The van der Waals surface area contributed by atoms with Crippen LogP contribution in [0, 0.1) is 0 Å². The molecule has 1 N–H and O–H groups in total. The van der Waals surface area contributed by atoms with E-state index in [2.05, 4.69) is 90.4 Å².